The maximum Gasteiger partial charge on any atom is 0.309 e. The molecule has 0 bridgehead atoms. The Bertz CT molecular complexity index is 385. The van der Waals surface area contributed by atoms with E-state index in [1.54, 1.807) is 0 Å². The highest BCUT2D eigenvalue weighted by molar-refractivity contribution is 5.83. The van der Waals surface area contributed by atoms with E-state index in [2.05, 4.69) is 0 Å². The van der Waals surface area contributed by atoms with Crippen molar-refractivity contribution < 1.29 is 14.7 Å². The summed E-state index contributed by atoms with van der Waals surface area (Å²) in [6.07, 6.45) is 18.0. The molecule has 0 spiro atoms. The SMILES string of the molecule is NC(=O)C1(CCCCCCCCCCCCC2(C(=O)O)CC2)CC1. The molecule has 138 valence electrons. The Kier molecular flexibility index (Phi) is 7.12. The topological polar surface area (TPSA) is 80.4 Å². The number of nitrogens with two attached hydrogens (primary N) is 1. The molecule has 2 aliphatic rings. The van der Waals surface area contributed by atoms with Gasteiger partial charge in [-0.15, -0.1) is 0 Å². The molecule has 2 aliphatic carbocycles. The third kappa shape index (κ3) is 5.78. The fourth-order valence-corrected chi connectivity index (χ4v) is 3.83. The number of hydrogen-bond donors (Lipinski definition) is 2. The van der Waals surface area contributed by atoms with Gasteiger partial charge in [-0.3, -0.25) is 9.59 Å². The number of unbranched alkanes of at least 4 members (excludes halogenated alkanes) is 9. The normalized spacial score (nSPS) is 19.8. The van der Waals surface area contributed by atoms with Crippen molar-refractivity contribution in [1.29, 1.82) is 0 Å². The predicted molar refractivity (Wildman–Crippen MR) is 95.6 cm³/mol. The second-order valence-electron chi connectivity index (χ2n) is 8.27. The van der Waals surface area contributed by atoms with E-state index in [1.165, 1.54) is 51.4 Å². The van der Waals surface area contributed by atoms with E-state index < -0.39 is 5.97 Å². The Morgan fingerprint density at radius 2 is 1.00 bits per heavy atom. The lowest BCUT2D eigenvalue weighted by atomic mass is 9.96. The molecule has 1 amide bonds. The van der Waals surface area contributed by atoms with Crippen LogP contribution in [0.25, 0.3) is 0 Å². The molecule has 0 aromatic heterocycles. The van der Waals surface area contributed by atoms with Crippen molar-refractivity contribution in [3.63, 3.8) is 0 Å². The summed E-state index contributed by atoms with van der Waals surface area (Å²) in [5, 5.41) is 9.12. The van der Waals surface area contributed by atoms with Crippen LogP contribution in [0.2, 0.25) is 0 Å². The number of carboxylic acid groups (broad SMARTS) is 1. The molecule has 4 nitrogen and oxygen atoms in total. The van der Waals surface area contributed by atoms with Crippen molar-refractivity contribution in [2.24, 2.45) is 16.6 Å². The lowest BCUT2D eigenvalue weighted by molar-refractivity contribution is -0.143. The Hall–Kier alpha value is -1.06. The number of rotatable bonds is 15. The minimum Gasteiger partial charge on any atom is -0.481 e. The van der Waals surface area contributed by atoms with Gasteiger partial charge in [-0.2, -0.15) is 0 Å². The van der Waals surface area contributed by atoms with Gasteiger partial charge in [-0.05, 0) is 38.5 Å². The summed E-state index contributed by atoms with van der Waals surface area (Å²) in [6, 6.07) is 0. The fourth-order valence-electron chi connectivity index (χ4n) is 3.83. The van der Waals surface area contributed by atoms with E-state index in [0.29, 0.717) is 0 Å². The van der Waals surface area contributed by atoms with Gasteiger partial charge in [0, 0.05) is 5.41 Å². The zero-order chi connectivity index (χ0) is 17.5. The van der Waals surface area contributed by atoms with Crippen molar-refractivity contribution in [2.75, 3.05) is 0 Å². The zero-order valence-corrected chi connectivity index (χ0v) is 15.2. The van der Waals surface area contributed by atoms with Gasteiger partial charge in [0.1, 0.15) is 0 Å². The van der Waals surface area contributed by atoms with Crippen LogP contribution < -0.4 is 5.73 Å². The number of carboxylic acids is 1. The first-order valence-corrected chi connectivity index (χ1v) is 10.0. The van der Waals surface area contributed by atoms with E-state index in [4.69, 9.17) is 10.8 Å². The minimum absolute atomic E-state index is 0.0848. The maximum atomic E-state index is 11.3. The summed E-state index contributed by atoms with van der Waals surface area (Å²) in [6.45, 7) is 0. The van der Waals surface area contributed by atoms with Gasteiger partial charge in [0.25, 0.3) is 0 Å². The standard InChI is InChI=1S/C20H35NO3/c21-17(22)19(13-14-19)11-9-7-5-3-1-2-4-6-8-10-12-20(15-16-20)18(23)24/h1-16H2,(H2,21,22)(H,23,24). The van der Waals surface area contributed by atoms with Gasteiger partial charge in [-0.1, -0.05) is 64.2 Å². The number of hydrogen-bond acceptors (Lipinski definition) is 2. The molecule has 0 aliphatic heterocycles. The molecule has 0 aromatic carbocycles. The summed E-state index contributed by atoms with van der Waals surface area (Å²) in [7, 11) is 0. The molecule has 0 aromatic rings. The predicted octanol–water partition coefficient (Wildman–Crippen LogP) is 4.80. The molecular formula is C20H35NO3. The molecule has 0 saturated heterocycles. The summed E-state index contributed by atoms with van der Waals surface area (Å²) >= 11 is 0. The highest BCUT2D eigenvalue weighted by Crippen LogP contribution is 2.50. The van der Waals surface area contributed by atoms with E-state index in [0.717, 1.165) is 51.4 Å². The van der Waals surface area contributed by atoms with Gasteiger partial charge < -0.3 is 10.8 Å². The summed E-state index contributed by atoms with van der Waals surface area (Å²) in [4.78, 5) is 22.3. The molecule has 2 saturated carbocycles. The average molecular weight is 338 g/mol. The van der Waals surface area contributed by atoms with E-state index in [-0.39, 0.29) is 16.7 Å². The van der Waals surface area contributed by atoms with Crippen molar-refractivity contribution in [3.05, 3.63) is 0 Å². The molecular weight excluding hydrogens is 302 g/mol. The number of primary amides is 1. The molecule has 2 rings (SSSR count). The average Bonchev–Trinajstić information content (AvgIpc) is 3.43. The van der Waals surface area contributed by atoms with Crippen molar-refractivity contribution in [3.8, 4) is 0 Å². The Morgan fingerprint density at radius 1 is 0.667 bits per heavy atom. The summed E-state index contributed by atoms with van der Waals surface area (Å²) in [5.41, 5.74) is 5.00. The first-order chi connectivity index (χ1) is 11.5. The minimum atomic E-state index is -0.578. The molecule has 0 unspecified atom stereocenters. The smallest absolute Gasteiger partial charge is 0.309 e. The lowest BCUT2D eigenvalue weighted by Crippen LogP contribution is -2.24. The second kappa shape index (κ2) is 8.87. The van der Waals surface area contributed by atoms with Crippen molar-refractivity contribution in [2.45, 2.75) is 103 Å². The van der Waals surface area contributed by atoms with Gasteiger partial charge in [-0.25, -0.2) is 0 Å². The van der Waals surface area contributed by atoms with Crippen LogP contribution in [0.5, 0.6) is 0 Å². The molecule has 0 atom stereocenters. The van der Waals surface area contributed by atoms with Gasteiger partial charge in [0.2, 0.25) is 5.91 Å². The van der Waals surface area contributed by atoms with Crippen molar-refractivity contribution >= 4 is 11.9 Å². The van der Waals surface area contributed by atoms with Crippen LogP contribution >= 0.6 is 0 Å². The van der Waals surface area contributed by atoms with Crippen LogP contribution in [0.1, 0.15) is 103 Å². The zero-order valence-electron chi connectivity index (χ0n) is 15.2. The fraction of sp³-hybridized carbons (Fsp3) is 0.900. The van der Waals surface area contributed by atoms with Gasteiger partial charge in [0.15, 0.2) is 0 Å². The second-order valence-corrected chi connectivity index (χ2v) is 8.27. The third-order valence-electron chi connectivity index (χ3n) is 6.24. The Balaban J connectivity index is 1.31. The van der Waals surface area contributed by atoms with Crippen LogP contribution in [-0.4, -0.2) is 17.0 Å². The van der Waals surface area contributed by atoms with E-state index in [9.17, 15) is 9.59 Å². The third-order valence-corrected chi connectivity index (χ3v) is 6.24. The Labute approximate surface area is 146 Å². The van der Waals surface area contributed by atoms with Crippen LogP contribution in [0.15, 0.2) is 0 Å². The van der Waals surface area contributed by atoms with Crippen molar-refractivity contribution in [1.82, 2.24) is 0 Å². The van der Waals surface area contributed by atoms with Gasteiger partial charge >= 0.3 is 5.97 Å². The molecule has 0 radical (unpaired) electrons. The van der Waals surface area contributed by atoms with Gasteiger partial charge in [0.05, 0.1) is 5.41 Å². The van der Waals surface area contributed by atoms with E-state index in [1.807, 2.05) is 0 Å². The summed E-state index contributed by atoms with van der Waals surface area (Å²) < 4.78 is 0. The molecule has 2 fully saturated rings. The lowest BCUT2D eigenvalue weighted by Gasteiger charge is -2.10. The Morgan fingerprint density at radius 3 is 1.29 bits per heavy atom. The number of carbonyl (C=O) groups is 2. The molecule has 3 N–H and O–H groups in total. The first-order valence-electron chi connectivity index (χ1n) is 10.0. The first kappa shape index (κ1) is 19.3. The van der Waals surface area contributed by atoms with E-state index >= 15 is 0 Å². The summed E-state index contributed by atoms with van der Waals surface area (Å²) in [5.74, 6) is -0.663. The highest BCUT2D eigenvalue weighted by atomic mass is 16.4. The van der Waals surface area contributed by atoms with Crippen LogP contribution in [-0.2, 0) is 9.59 Å². The molecule has 0 heterocycles. The number of amides is 1. The van der Waals surface area contributed by atoms with Crippen LogP contribution in [0.3, 0.4) is 0 Å². The molecule has 4 heteroatoms. The quantitative estimate of drug-likeness (QED) is 0.421. The maximum absolute atomic E-state index is 11.3. The molecule has 24 heavy (non-hydrogen) atoms. The number of carbonyl (C=O) groups excluding carboxylic acids is 1. The van der Waals surface area contributed by atoms with Crippen LogP contribution in [0, 0.1) is 10.8 Å². The highest BCUT2D eigenvalue weighted by Gasteiger charge is 2.49. The monoisotopic (exact) mass is 337 g/mol. The number of aliphatic carboxylic acids is 1. The largest absolute Gasteiger partial charge is 0.481 e. The van der Waals surface area contributed by atoms with Crippen LogP contribution in [0.4, 0.5) is 0 Å².